The van der Waals surface area contributed by atoms with Crippen molar-refractivity contribution in [3.05, 3.63) is 68.7 Å². The van der Waals surface area contributed by atoms with Gasteiger partial charge in [-0.05, 0) is 48.2 Å². The number of hydrogen-bond donors (Lipinski definition) is 1. The van der Waals surface area contributed by atoms with Crippen molar-refractivity contribution in [1.82, 2.24) is 10.2 Å². The minimum atomic E-state index is -0.818. The first-order chi connectivity index (χ1) is 13.9. The normalized spacial score (nSPS) is 21.8. The molecule has 2 aliphatic rings. The lowest BCUT2D eigenvalue weighted by molar-refractivity contribution is -0.00811. The van der Waals surface area contributed by atoms with Crippen LogP contribution < -0.4 is 5.32 Å². The first-order valence-electron chi connectivity index (χ1n) is 9.46. The topological polar surface area (TPSA) is 41.6 Å². The Balaban J connectivity index is 1.65. The molecule has 8 heteroatoms. The minimum Gasteiger partial charge on any atom is -0.460 e. The maximum absolute atomic E-state index is 13.5. The van der Waals surface area contributed by atoms with Crippen LogP contribution in [0.1, 0.15) is 27.9 Å². The highest BCUT2D eigenvalue weighted by atomic mass is 35.5. The number of benzene rings is 2. The van der Waals surface area contributed by atoms with Gasteiger partial charge in [0.15, 0.2) is 0 Å². The van der Waals surface area contributed by atoms with Crippen molar-refractivity contribution >= 4 is 29.2 Å². The lowest BCUT2D eigenvalue weighted by Gasteiger charge is -2.44. The van der Waals surface area contributed by atoms with Crippen LogP contribution in [0.3, 0.4) is 0 Å². The second-order valence-corrected chi connectivity index (χ2v) is 8.24. The summed E-state index contributed by atoms with van der Waals surface area (Å²) in [6, 6.07) is 6.39. The molecule has 1 N–H and O–H groups in total. The van der Waals surface area contributed by atoms with Gasteiger partial charge in [-0.2, -0.15) is 0 Å². The summed E-state index contributed by atoms with van der Waals surface area (Å²) in [5.41, 5.74) is 1.37. The van der Waals surface area contributed by atoms with Gasteiger partial charge in [-0.25, -0.2) is 13.6 Å². The zero-order valence-corrected chi connectivity index (χ0v) is 17.1. The van der Waals surface area contributed by atoms with E-state index < -0.39 is 23.1 Å². The average molecular weight is 441 g/mol. The fourth-order valence-corrected chi connectivity index (χ4v) is 4.66. The standard InChI is InChI=1S/C21H20Cl2F2N2O2/c22-18-9-13-1-2-21(17(13)11-19(18)23,27-5-3-26-4-6-27)12-29-20(28)14-7-15(24)10-16(25)8-14/h7-11,26H,1-6,12H2. The molecule has 1 heterocycles. The van der Waals surface area contributed by atoms with E-state index in [-0.39, 0.29) is 12.2 Å². The largest absolute Gasteiger partial charge is 0.460 e. The van der Waals surface area contributed by atoms with E-state index in [1.165, 1.54) is 0 Å². The van der Waals surface area contributed by atoms with Crippen LogP contribution in [0.4, 0.5) is 8.78 Å². The zero-order valence-electron chi connectivity index (χ0n) is 15.6. The van der Waals surface area contributed by atoms with Crippen LogP contribution >= 0.6 is 23.2 Å². The van der Waals surface area contributed by atoms with E-state index in [9.17, 15) is 13.6 Å². The Kier molecular flexibility index (Phi) is 5.80. The molecule has 0 bridgehead atoms. The molecule has 0 spiro atoms. The van der Waals surface area contributed by atoms with E-state index in [2.05, 4.69) is 10.2 Å². The monoisotopic (exact) mass is 440 g/mol. The summed E-state index contributed by atoms with van der Waals surface area (Å²) in [5, 5.41) is 4.27. The van der Waals surface area contributed by atoms with E-state index in [0.29, 0.717) is 10.0 Å². The number of nitrogens with zero attached hydrogens (tertiary/aromatic N) is 1. The number of hydrogen-bond acceptors (Lipinski definition) is 4. The molecule has 1 saturated heterocycles. The highest BCUT2D eigenvalue weighted by molar-refractivity contribution is 6.42. The van der Waals surface area contributed by atoms with Crippen LogP contribution in [0, 0.1) is 11.6 Å². The van der Waals surface area contributed by atoms with Crippen molar-refractivity contribution in [3.63, 3.8) is 0 Å². The summed E-state index contributed by atoms with van der Waals surface area (Å²) in [4.78, 5) is 14.8. The van der Waals surface area contributed by atoms with E-state index in [1.54, 1.807) is 0 Å². The van der Waals surface area contributed by atoms with Crippen LogP contribution in [0.25, 0.3) is 0 Å². The first kappa shape index (κ1) is 20.5. The second kappa shape index (κ2) is 8.19. The van der Waals surface area contributed by atoms with Crippen molar-refractivity contribution in [2.75, 3.05) is 32.8 Å². The number of carbonyl (C=O) groups excluding carboxylic acids is 1. The number of nitrogens with one attached hydrogen (secondary N) is 1. The van der Waals surface area contributed by atoms with Gasteiger partial charge < -0.3 is 10.1 Å². The zero-order chi connectivity index (χ0) is 20.6. The maximum Gasteiger partial charge on any atom is 0.338 e. The van der Waals surface area contributed by atoms with Gasteiger partial charge >= 0.3 is 5.97 Å². The van der Waals surface area contributed by atoms with Crippen molar-refractivity contribution in [1.29, 1.82) is 0 Å². The molecule has 1 aliphatic carbocycles. The van der Waals surface area contributed by atoms with Gasteiger partial charge in [0.05, 0.1) is 21.1 Å². The summed E-state index contributed by atoms with van der Waals surface area (Å²) >= 11 is 12.5. The van der Waals surface area contributed by atoms with Gasteiger partial charge in [-0.3, -0.25) is 4.90 Å². The van der Waals surface area contributed by atoms with Crippen LogP contribution in [0.2, 0.25) is 10.0 Å². The van der Waals surface area contributed by atoms with Gasteiger partial charge in [-0.15, -0.1) is 0 Å². The average Bonchev–Trinajstić information content (AvgIpc) is 3.05. The smallest absolute Gasteiger partial charge is 0.338 e. The van der Waals surface area contributed by atoms with Gasteiger partial charge in [0.1, 0.15) is 18.2 Å². The maximum atomic E-state index is 13.5. The molecule has 2 aromatic rings. The van der Waals surface area contributed by atoms with Gasteiger partial charge in [0, 0.05) is 32.2 Å². The van der Waals surface area contributed by atoms with Crippen molar-refractivity contribution in [2.45, 2.75) is 18.4 Å². The SMILES string of the molecule is O=C(OCC1(N2CCNCC2)CCc2cc(Cl)c(Cl)cc21)c1cc(F)cc(F)c1. The van der Waals surface area contributed by atoms with Crippen LogP contribution in [0.15, 0.2) is 30.3 Å². The number of ether oxygens (including phenoxy) is 1. The van der Waals surface area contributed by atoms with Crippen molar-refractivity contribution in [3.8, 4) is 0 Å². The molecule has 0 saturated carbocycles. The number of halogens is 4. The Labute approximate surface area is 177 Å². The van der Waals surface area contributed by atoms with E-state index in [0.717, 1.165) is 68.3 Å². The van der Waals surface area contributed by atoms with Gasteiger partial charge in [0.2, 0.25) is 0 Å². The predicted molar refractivity (Wildman–Crippen MR) is 108 cm³/mol. The van der Waals surface area contributed by atoms with E-state index in [4.69, 9.17) is 27.9 Å². The quantitative estimate of drug-likeness (QED) is 0.724. The molecular weight excluding hydrogens is 421 g/mol. The van der Waals surface area contributed by atoms with E-state index >= 15 is 0 Å². The van der Waals surface area contributed by atoms with Gasteiger partial charge in [0.25, 0.3) is 0 Å². The highest BCUT2D eigenvalue weighted by Gasteiger charge is 2.45. The molecule has 2 aromatic carbocycles. The number of piperazine rings is 1. The molecule has 4 nitrogen and oxygen atoms in total. The third-order valence-electron chi connectivity index (χ3n) is 5.72. The number of rotatable bonds is 4. The summed E-state index contributed by atoms with van der Waals surface area (Å²) < 4.78 is 32.6. The molecule has 0 aromatic heterocycles. The van der Waals surface area contributed by atoms with Gasteiger partial charge in [-0.1, -0.05) is 23.2 Å². The Hall–Kier alpha value is -1.73. The third kappa shape index (κ3) is 3.99. The molecule has 4 rings (SSSR count). The summed E-state index contributed by atoms with van der Waals surface area (Å²) in [6.07, 6.45) is 1.52. The molecule has 1 aliphatic heterocycles. The third-order valence-corrected chi connectivity index (χ3v) is 6.44. The fourth-order valence-electron chi connectivity index (χ4n) is 4.31. The molecule has 0 amide bonds. The molecule has 1 fully saturated rings. The minimum absolute atomic E-state index is 0.0644. The molecule has 1 unspecified atom stereocenters. The van der Waals surface area contributed by atoms with Crippen molar-refractivity contribution < 1.29 is 18.3 Å². The number of aryl methyl sites for hydroxylation is 1. The number of esters is 1. The Morgan fingerprint density at radius 2 is 1.72 bits per heavy atom. The Bertz CT molecular complexity index is 930. The number of fused-ring (bicyclic) bond motifs is 1. The Morgan fingerprint density at radius 3 is 2.41 bits per heavy atom. The predicted octanol–water partition coefficient (Wildman–Crippen LogP) is 4.18. The lowest BCUT2D eigenvalue weighted by Crippen LogP contribution is -2.55. The summed E-state index contributed by atoms with van der Waals surface area (Å²) in [6.45, 7) is 3.27. The molecule has 1 atom stereocenters. The molecular formula is C21H20Cl2F2N2O2. The fraction of sp³-hybridized carbons (Fsp3) is 0.381. The lowest BCUT2D eigenvalue weighted by atomic mass is 9.89. The number of carbonyl (C=O) groups is 1. The summed E-state index contributed by atoms with van der Waals surface area (Å²) in [7, 11) is 0. The van der Waals surface area contributed by atoms with E-state index in [1.807, 2.05) is 12.1 Å². The van der Waals surface area contributed by atoms with Crippen molar-refractivity contribution in [2.24, 2.45) is 0 Å². The van der Waals surface area contributed by atoms with Crippen LogP contribution in [-0.4, -0.2) is 43.7 Å². The molecule has 154 valence electrons. The molecule has 0 radical (unpaired) electrons. The Morgan fingerprint density at radius 1 is 1.07 bits per heavy atom. The van der Waals surface area contributed by atoms with Crippen LogP contribution in [0.5, 0.6) is 0 Å². The second-order valence-electron chi connectivity index (χ2n) is 7.43. The summed E-state index contributed by atoms with van der Waals surface area (Å²) in [5.74, 6) is -2.39. The highest BCUT2D eigenvalue weighted by Crippen LogP contribution is 2.45. The van der Waals surface area contributed by atoms with Crippen LogP contribution in [-0.2, 0) is 16.7 Å². The first-order valence-corrected chi connectivity index (χ1v) is 10.2. The molecule has 29 heavy (non-hydrogen) atoms.